The molecule has 380 valence electrons. The molecular weight excluding hydrogens is 1030 g/mol. The van der Waals surface area contributed by atoms with Gasteiger partial charge in [-0.1, -0.05) is 51.8 Å². The fourth-order valence-corrected chi connectivity index (χ4v) is 9.82. The Kier molecular flexibility index (Phi) is 18.6. The first kappa shape index (κ1) is 54.9. The van der Waals surface area contributed by atoms with E-state index in [-0.39, 0.29) is 25.0 Å². The van der Waals surface area contributed by atoms with Crippen molar-refractivity contribution in [3.63, 3.8) is 0 Å². The van der Waals surface area contributed by atoms with Gasteiger partial charge in [-0.15, -0.1) is 0 Å². The minimum absolute atomic E-state index is 0.0732. The summed E-state index contributed by atoms with van der Waals surface area (Å²) < 4.78 is 61.8. The number of esters is 3. The van der Waals surface area contributed by atoms with E-state index < -0.39 is 132 Å². The molecule has 17 nitrogen and oxygen atoms in total. The molecule has 4 aliphatic heterocycles. The van der Waals surface area contributed by atoms with E-state index in [0.717, 1.165) is 8.95 Å². The summed E-state index contributed by atoms with van der Waals surface area (Å²) in [5.74, 6) is -4.44. The number of aliphatic hydroxyl groups excluding tert-OH is 1. The van der Waals surface area contributed by atoms with Gasteiger partial charge in [-0.05, 0) is 108 Å². The molecule has 3 fully saturated rings. The van der Waals surface area contributed by atoms with E-state index in [1.165, 1.54) is 46.3 Å². The molecule has 0 amide bonds. The van der Waals surface area contributed by atoms with Crippen molar-refractivity contribution in [3.8, 4) is 0 Å². The van der Waals surface area contributed by atoms with Gasteiger partial charge in [-0.3, -0.25) is 4.79 Å². The zero-order chi connectivity index (χ0) is 50.5. The molecule has 0 radical (unpaired) electrons. The lowest BCUT2D eigenvalue weighted by Crippen LogP contribution is -2.64. The number of ether oxygens (including phenoxy) is 10. The molecule has 0 saturated carbocycles. The molecule has 3 saturated heterocycles. The zero-order valence-electron chi connectivity index (χ0n) is 40.1. The molecule has 19 heteroatoms. The number of halogens is 2. The van der Waals surface area contributed by atoms with E-state index in [2.05, 4.69) is 31.9 Å². The number of fused-ring (bicyclic) bond motifs is 1. The Bertz CT molecular complexity index is 2150. The van der Waals surface area contributed by atoms with E-state index in [9.17, 15) is 34.5 Å². The highest BCUT2D eigenvalue weighted by Crippen LogP contribution is 2.39. The SMILES string of the molecule is CO[C@H]1[C@@H](OC)[C@H](OC[C@H]2[C@@H]3O[C@@H]3/C=C/C(=O)[C@@](C)(O)C[C@H](C)[C@H](O[C@@H]3O[C@H](C)C[C@](O)([C@H](C)OC(=O)c4ccc(Br)cc4)[C@H]3O)[C@@H](C)/C=C/C(=O)O[C@@H]2C)O[C@H](C)[C@H]1OC(=O)c1ccc(Br)cc1. The summed E-state index contributed by atoms with van der Waals surface area (Å²) in [5.41, 5.74) is -3.34. The van der Waals surface area contributed by atoms with Crippen LogP contribution >= 0.6 is 31.9 Å². The highest BCUT2D eigenvalue weighted by molar-refractivity contribution is 9.10. The Morgan fingerprint density at radius 2 is 1.38 bits per heavy atom. The zero-order valence-corrected chi connectivity index (χ0v) is 43.3. The molecule has 0 bridgehead atoms. The lowest BCUT2D eigenvalue weighted by molar-refractivity contribution is -0.322. The number of rotatable bonds is 12. The van der Waals surface area contributed by atoms with Crippen LogP contribution in [0.2, 0.25) is 0 Å². The molecule has 18 atom stereocenters. The van der Waals surface area contributed by atoms with Crippen molar-refractivity contribution < 1.29 is 81.9 Å². The van der Waals surface area contributed by atoms with Gasteiger partial charge in [0.05, 0.1) is 42.1 Å². The number of carbonyl (C=O) groups is 4. The van der Waals surface area contributed by atoms with E-state index in [1.54, 1.807) is 89.2 Å². The normalized spacial score (nSPS) is 39.0. The van der Waals surface area contributed by atoms with Crippen molar-refractivity contribution in [1.29, 1.82) is 0 Å². The second-order valence-corrected chi connectivity index (χ2v) is 20.5. The van der Waals surface area contributed by atoms with Gasteiger partial charge in [0.2, 0.25) is 0 Å². The topological polar surface area (TPSA) is 225 Å². The van der Waals surface area contributed by atoms with Gasteiger partial charge in [-0.25, -0.2) is 14.4 Å². The van der Waals surface area contributed by atoms with Crippen LogP contribution in [0.1, 0.15) is 82.0 Å². The van der Waals surface area contributed by atoms with E-state index >= 15 is 0 Å². The summed E-state index contributed by atoms with van der Waals surface area (Å²) >= 11 is 6.71. The number of cyclic esters (lactones) is 1. The number of aliphatic hydroxyl groups is 3. The maximum Gasteiger partial charge on any atom is 0.338 e. The van der Waals surface area contributed by atoms with E-state index in [4.69, 9.17) is 47.4 Å². The van der Waals surface area contributed by atoms with Crippen molar-refractivity contribution in [2.75, 3.05) is 20.8 Å². The van der Waals surface area contributed by atoms with Crippen LogP contribution in [-0.4, -0.2) is 151 Å². The van der Waals surface area contributed by atoms with Gasteiger partial charge in [0.25, 0.3) is 0 Å². The second-order valence-electron chi connectivity index (χ2n) is 18.7. The molecule has 0 unspecified atom stereocenters. The fraction of sp³-hybridized carbons (Fsp3) is 0.600. The van der Waals surface area contributed by atoms with Gasteiger partial charge in [0, 0.05) is 47.5 Å². The first-order chi connectivity index (χ1) is 32.6. The summed E-state index contributed by atoms with van der Waals surface area (Å²) in [6.45, 7) is 11.4. The molecule has 6 rings (SSSR count). The van der Waals surface area contributed by atoms with Crippen LogP contribution in [0, 0.1) is 17.8 Å². The maximum absolute atomic E-state index is 13.7. The number of methoxy groups -OCH3 is 2. The van der Waals surface area contributed by atoms with Gasteiger partial charge in [-0.2, -0.15) is 0 Å². The number of benzene rings is 2. The Hall–Kier alpha value is -3.44. The van der Waals surface area contributed by atoms with Gasteiger partial charge < -0.3 is 62.7 Å². The predicted octanol–water partition coefficient (Wildman–Crippen LogP) is 5.81. The first-order valence-corrected chi connectivity index (χ1v) is 24.6. The Morgan fingerprint density at radius 1 is 0.768 bits per heavy atom. The lowest BCUT2D eigenvalue weighted by Gasteiger charge is -2.47. The van der Waals surface area contributed by atoms with Crippen LogP contribution in [0.3, 0.4) is 0 Å². The average Bonchev–Trinajstić information content (AvgIpc) is 4.07. The summed E-state index contributed by atoms with van der Waals surface area (Å²) in [7, 11) is 2.92. The van der Waals surface area contributed by atoms with Crippen molar-refractivity contribution >= 4 is 55.6 Å². The number of ketones is 1. The van der Waals surface area contributed by atoms with E-state index in [1.807, 2.05) is 0 Å². The molecular formula is C50H64Br2O17. The third-order valence-corrected chi connectivity index (χ3v) is 14.4. The van der Waals surface area contributed by atoms with E-state index in [0.29, 0.717) is 5.56 Å². The number of carbonyl (C=O) groups excluding carboxylic acids is 4. The quantitative estimate of drug-likeness (QED) is 0.130. The highest BCUT2D eigenvalue weighted by atomic mass is 79.9. The third-order valence-electron chi connectivity index (χ3n) is 13.3. The molecule has 2 aromatic carbocycles. The second kappa shape index (κ2) is 23.4. The summed E-state index contributed by atoms with van der Waals surface area (Å²) in [6, 6.07) is 13.2. The molecule has 4 aliphatic rings. The molecule has 3 N–H and O–H groups in total. The van der Waals surface area contributed by atoms with Crippen molar-refractivity contribution in [2.24, 2.45) is 17.8 Å². The third kappa shape index (κ3) is 13.4. The number of hydrogen-bond donors (Lipinski definition) is 3. The minimum atomic E-state index is -2.02. The van der Waals surface area contributed by atoms with Crippen molar-refractivity contribution in [3.05, 3.63) is 92.9 Å². The van der Waals surface area contributed by atoms with Crippen LogP contribution in [0.4, 0.5) is 0 Å². The molecule has 0 spiro atoms. The van der Waals surface area contributed by atoms with Crippen molar-refractivity contribution in [1.82, 2.24) is 0 Å². The van der Waals surface area contributed by atoms with Gasteiger partial charge in [0.1, 0.15) is 47.8 Å². The fourth-order valence-electron chi connectivity index (χ4n) is 9.29. The number of epoxide rings is 1. The molecule has 0 aromatic heterocycles. The largest absolute Gasteiger partial charge is 0.459 e. The summed E-state index contributed by atoms with van der Waals surface area (Å²) in [5, 5.41) is 35.3. The van der Waals surface area contributed by atoms with Crippen LogP contribution in [0.25, 0.3) is 0 Å². The predicted molar refractivity (Wildman–Crippen MR) is 254 cm³/mol. The monoisotopic (exact) mass is 1090 g/mol. The molecule has 4 heterocycles. The average molecular weight is 1100 g/mol. The Morgan fingerprint density at radius 3 is 1.99 bits per heavy atom. The van der Waals surface area contributed by atoms with Crippen LogP contribution in [0.15, 0.2) is 81.8 Å². The highest BCUT2D eigenvalue weighted by Gasteiger charge is 2.54. The Labute approximate surface area is 419 Å². The van der Waals surface area contributed by atoms with Crippen LogP contribution in [0.5, 0.6) is 0 Å². The van der Waals surface area contributed by atoms with Crippen LogP contribution in [-0.2, 0) is 57.0 Å². The maximum atomic E-state index is 13.7. The lowest BCUT2D eigenvalue weighted by atomic mass is 9.81. The summed E-state index contributed by atoms with van der Waals surface area (Å²) in [6.07, 6.45) is -6.89. The standard InChI is InChI=1S/C50H64Br2O17/c1-25-10-21-38(54)64-28(4)35(24-62-47-43(61-9)42(60-8)40(29(5)65-47)68-46(57)32-13-17-34(52)18-14-32)41-36(67-41)19-20-37(53)49(7,58)22-26(2)39(25)69-48-44(55)50(59,23-27(3)63-48)30(6)66-45(56)31-11-15-33(51)16-12-31/h10-21,25-30,35-36,39-44,47-48,55,58-59H,22-24H2,1-9H3/b20-19+,21-10+/t25-,26-,27+,28+,29+,30-,35+,36+,39+,40+,41-,42+,43+,44-,47+,48-,49-,50-/m0/s1. The molecule has 2 aromatic rings. The van der Waals surface area contributed by atoms with Gasteiger partial charge in [0.15, 0.2) is 24.5 Å². The first-order valence-electron chi connectivity index (χ1n) is 23.0. The smallest absolute Gasteiger partial charge is 0.338 e. The Balaban J connectivity index is 1.17. The van der Waals surface area contributed by atoms with Crippen LogP contribution < -0.4 is 0 Å². The minimum Gasteiger partial charge on any atom is -0.459 e. The molecule has 0 aliphatic carbocycles. The van der Waals surface area contributed by atoms with Gasteiger partial charge >= 0.3 is 17.9 Å². The molecule has 69 heavy (non-hydrogen) atoms. The van der Waals surface area contributed by atoms with Crippen molar-refractivity contribution in [2.45, 2.75) is 152 Å². The number of hydrogen-bond acceptors (Lipinski definition) is 17. The summed E-state index contributed by atoms with van der Waals surface area (Å²) in [4.78, 5) is 53.5.